The third-order valence-corrected chi connectivity index (χ3v) is 4.76. The van der Waals surface area contributed by atoms with Crippen LogP contribution in [0.2, 0.25) is 0 Å². The van der Waals surface area contributed by atoms with E-state index < -0.39 is 17.7 Å². The minimum atomic E-state index is -0.859. The lowest BCUT2D eigenvalue weighted by Crippen LogP contribution is -2.54. The number of carbonyl (C=O) groups excluding carboxylic acids is 3. The molecule has 0 unspecified atom stereocenters. The molecule has 28 heavy (non-hydrogen) atoms. The van der Waals surface area contributed by atoms with Crippen LogP contribution in [0.3, 0.4) is 0 Å². The van der Waals surface area contributed by atoms with Crippen molar-refractivity contribution in [3.8, 4) is 0 Å². The molecule has 0 spiro atoms. The van der Waals surface area contributed by atoms with E-state index in [1.165, 1.54) is 23.5 Å². The van der Waals surface area contributed by atoms with Crippen molar-refractivity contribution in [1.82, 2.24) is 4.90 Å². The van der Waals surface area contributed by atoms with E-state index in [1.807, 2.05) is 25.1 Å². The third-order valence-electron chi connectivity index (χ3n) is 4.76. The molecule has 7 nitrogen and oxygen atoms in total. The first-order valence-corrected chi connectivity index (χ1v) is 9.18. The molecule has 1 aliphatic rings. The van der Waals surface area contributed by atoms with Crippen molar-refractivity contribution < 1.29 is 14.4 Å². The lowest BCUT2D eigenvalue weighted by Gasteiger charge is -2.36. The normalized spacial score (nSPS) is 13.9. The van der Waals surface area contributed by atoms with E-state index in [1.54, 1.807) is 18.2 Å². The predicted octanol–water partition coefficient (Wildman–Crippen LogP) is 1.81. The van der Waals surface area contributed by atoms with E-state index in [-0.39, 0.29) is 0 Å². The molecule has 0 atom stereocenters. The number of hydrogen-bond donors (Lipinski definition) is 1. The summed E-state index contributed by atoms with van der Waals surface area (Å²) in [6.45, 7) is 5.38. The van der Waals surface area contributed by atoms with Gasteiger partial charge in [-0.25, -0.2) is 4.90 Å². The van der Waals surface area contributed by atoms with Crippen LogP contribution in [0.1, 0.15) is 12.5 Å². The van der Waals surface area contributed by atoms with E-state index in [0.29, 0.717) is 37.6 Å². The third kappa shape index (κ3) is 4.14. The summed E-state index contributed by atoms with van der Waals surface area (Å²) in [5, 5.41) is 0. The number of benzene rings is 2. The predicted molar refractivity (Wildman–Crippen MR) is 109 cm³/mol. The van der Waals surface area contributed by atoms with Gasteiger partial charge in [-0.05, 0) is 42.8 Å². The molecule has 0 aliphatic carbocycles. The van der Waals surface area contributed by atoms with Crippen molar-refractivity contribution in [2.45, 2.75) is 13.8 Å². The van der Waals surface area contributed by atoms with Crippen molar-refractivity contribution in [3.63, 3.8) is 0 Å². The summed E-state index contributed by atoms with van der Waals surface area (Å²) >= 11 is 0. The van der Waals surface area contributed by atoms with Crippen molar-refractivity contribution in [2.75, 3.05) is 41.7 Å². The van der Waals surface area contributed by atoms with Crippen molar-refractivity contribution >= 4 is 34.8 Å². The minimum Gasteiger partial charge on any atom is -0.399 e. The quantitative estimate of drug-likeness (QED) is 0.634. The van der Waals surface area contributed by atoms with Crippen LogP contribution in [0.15, 0.2) is 48.5 Å². The van der Waals surface area contributed by atoms with E-state index >= 15 is 0 Å². The summed E-state index contributed by atoms with van der Waals surface area (Å²) in [5.41, 5.74) is 8.73. The van der Waals surface area contributed by atoms with Gasteiger partial charge in [-0.15, -0.1) is 0 Å². The molecule has 1 fully saturated rings. The molecule has 3 amide bonds. The number of nitrogens with two attached hydrogens (primary N) is 1. The van der Waals surface area contributed by atoms with Gasteiger partial charge in [0.25, 0.3) is 0 Å². The summed E-state index contributed by atoms with van der Waals surface area (Å²) in [4.78, 5) is 42.1. The Hall–Kier alpha value is -3.35. The smallest absolute Gasteiger partial charge is 0.323 e. The van der Waals surface area contributed by atoms with Gasteiger partial charge in [-0.2, -0.15) is 0 Å². The Labute approximate surface area is 164 Å². The monoisotopic (exact) mass is 380 g/mol. The highest BCUT2D eigenvalue weighted by Crippen LogP contribution is 2.20. The highest BCUT2D eigenvalue weighted by atomic mass is 16.2. The number of anilines is 3. The van der Waals surface area contributed by atoms with Crippen LogP contribution in [-0.4, -0.2) is 48.8 Å². The summed E-state index contributed by atoms with van der Waals surface area (Å²) in [6.07, 6.45) is 0. The van der Waals surface area contributed by atoms with Crippen molar-refractivity contribution in [1.29, 1.82) is 0 Å². The Morgan fingerprint density at radius 3 is 2.25 bits per heavy atom. The lowest BCUT2D eigenvalue weighted by atomic mass is 10.2. The van der Waals surface area contributed by atoms with E-state index in [0.717, 1.165) is 10.6 Å². The average Bonchev–Trinajstić information content (AvgIpc) is 2.67. The van der Waals surface area contributed by atoms with Crippen LogP contribution < -0.4 is 15.5 Å². The molecule has 1 heterocycles. The number of nitrogens with zero attached hydrogens (tertiary/aromatic N) is 3. The Bertz CT molecular complexity index is 904. The number of imide groups is 1. The largest absolute Gasteiger partial charge is 0.399 e. The number of amides is 3. The topological polar surface area (TPSA) is 87.0 Å². The molecule has 1 aliphatic heterocycles. The molecule has 1 saturated heterocycles. The van der Waals surface area contributed by atoms with E-state index in [2.05, 4.69) is 11.0 Å². The molecule has 2 aromatic carbocycles. The summed E-state index contributed by atoms with van der Waals surface area (Å²) in [6, 6.07) is 14.5. The van der Waals surface area contributed by atoms with Crippen LogP contribution in [0.4, 0.5) is 17.1 Å². The molecular weight excluding hydrogens is 356 g/mol. The Morgan fingerprint density at radius 1 is 0.964 bits per heavy atom. The van der Waals surface area contributed by atoms with Crippen molar-refractivity contribution in [3.05, 3.63) is 54.1 Å². The van der Waals surface area contributed by atoms with Gasteiger partial charge in [0.05, 0.1) is 5.69 Å². The molecule has 146 valence electrons. The van der Waals surface area contributed by atoms with Gasteiger partial charge < -0.3 is 15.5 Å². The zero-order valence-corrected chi connectivity index (χ0v) is 16.1. The second-order valence-electron chi connectivity index (χ2n) is 6.87. The van der Waals surface area contributed by atoms with Gasteiger partial charge >= 0.3 is 11.8 Å². The number of carbonyl (C=O) groups is 3. The van der Waals surface area contributed by atoms with Crippen LogP contribution in [-0.2, 0) is 14.4 Å². The lowest BCUT2D eigenvalue weighted by molar-refractivity contribution is -0.145. The number of aryl methyl sites for hydroxylation is 1. The number of hydrogen-bond acceptors (Lipinski definition) is 5. The summed E-state index contributed by atoms with van der Waals surface area (Å²) in [5.74, 6) is -2.06. The Kier molecular flexibility index (Phi) is 5.63. The fraction of sp³-hybridized carbons (Fsp3) is 0.286. The van der Waals surface area contributed by atoms with E-state index in [9.17, 15) is 14.4 Å². The van der Waals surface area contributed by atoms with Crippen LogP contribution >= 0.6 is 0 Å². The fourth-order valence-electron chi connectivity index (χ4n) is 3.33. The van der Waals surface area contributed by atoms with Gasteiger partial charge in [0, 0.05) is 44.5 Å². The molecule has 2 N–H and O–H groups in total. The zero-order chi connectivity index (χ0) is 20.3. The minimum absolute atomic E-state index is 0.296. The summed E-state index contributed by atoms with van der Waals surface area (Å²) < 4.78 is 0. The van der Waals surface area contributed by atoms with Crippen LogP contribution in [0.25, 0.3) is 0 Å². The number of piperazine rings is 1. The SMILES string of the molecule is CC(=O)N(C(=O)C(=O)N1CCN(c2cccc(C)c2)CC1)c1cccc(N)c1. The standard InChI is InChI=1S/C21H24N4O3/c1-15-5-3-7-18(13-15)23-9-11-24(12-10-23)20(27)21(28)25(16(2)26)19-8-4-6-17(22)14-19/h3-8,13-14H,9-12,22H2,1-2H3. The second kappa shape index (κ2) is 8.12. The van der Waals surface area contributed by atoms with Gasteiger partial charge in [0.1, 0.15) is 0 Å². The first-order valence-electron chi connectivity index (χ1n) is 9.18. The van der Waals surface area contributed by atoms with Crippen LogP contribution in [0.5, 0.6) is 0 Å². The molecular formula is C21H24N4O3. The maximum atomic E-state index is 12.8. The molecule has 2 aromatic rings. The maximum Gasteiger partial charge on any atom is 0.323 e. The zero-order valence-electron chi connectivity index (χ0n) is 16.1. The molecule has 0 radical (unpaired) electrons. The Balaban J connectivity index is 1.69. The molecule has 0 aromatic heterocycles. The molecule has 3 rings (SSSR count). The van der Waals surface area contributed by atoms with Gasteiger partial charge in [0.2, 0.25) is 5.91 Å². The second-order valence-corrected chi connectivity index (χ2v) is 6.87. The maximum absolute atomic E-state index is 12.8. The molecule has 0 saturated carbocycles. The van der Waals surface area contributed by atoms with Gasteiger partial charge in [-0.3, -0.25) is 14.4 Å². The molecule has 0 bridgehead atoms. The summed E-state index contributed by atoms with van der Waals surface area (Å²) in [7, 11) is 0. The van der Waals surface area contributed by atoms with Gasteiger partial charge in [-0.1, -0.05) is 18.2 Å². The van der Waals surface area contributed by atoms with Crippen LogP contribution in [0, 0.1) is 6.92 Å². The average molecular weight is 380 g/mol. The number of nitrogen functional groups attached to an aromatic ring is 1. The highest BCUT2D eigenvalue weighted by molar-refractivity contribution is 6.45. The first-order chi connectivity index (χ1) is 13.4. The number of rotatable bonds is 2. The molecule has 7 heteroatoms. The highest BCUT2D eigenvalue weighted by Gasteiger charge is 2.32. The van der Waals surface area contributed by atoms with E-state index in [4.69, 9.17) is 5.73 Å². The first kappa shape index (κ1) is 19.4. The fourth-order valence-corrected chi connectivity index (χ4v) is 3.33. The van der Waals surface area contributed by atoms with Gasteiger partial charge in [0.15, 0.2) is 0 Å². The van der Waals surface area contributed by atoms with Crippen molar-refractivity contribution in [2.24, 2.45) is 0 Å². The Morgan fingerprint density at radius 2 is 1.64 bits per heavy atom.